The molecule has 1 amide bonds. The smallest absolute Gasteiger partial charge is 0.404 e. The number of nitrogens with two attached hydrogens (primary N) is 1. The fraction of sp³-hybridized carbons (Fsp3) is 0.200. The third-order valence-corrected chi connectivity index (χ3v) is 1.90. The Morgan fingerprint density at radius 2 is 2.12 bits per heavy atom. The first-order valence-electron chi connectivity index (χ1n) is 4.37. The van der Waals surface area contributed by atoms with Crippen molar-refractivity contribution in [3.8, 4) is 5.75 Å². The van der Waals surface area contributed by atoms with Gasteiger partial charge in [-0.1, -0.05) is 6.07 Å². The van der Waals surface area contributed by atoms with Crippen molar-refractivity contribution in [1.29, 1.82) is 0 Å². The van der Waals surface area contributed by atoms with Crippen molar-refractivity contribution in [1.82, 2.24) is 0 Å². The Kier molecular flexibility index (Phi) is 3.71. The normalized spacial score (nSPS) is 9.56. The average Bonchev–Trinajstić information content (AvgIpc) is 2.25. The van der Waals surface area contributed by atoms with Crippen molar-refractivity contribution in [3.63, 3.8) is 0 Å². The highest BCUT2D eigenvalue weighted by atomic mass is 16.5. The number of carboxylic acid groups (broad SMARTS) is 1. The minimum absolute atomic E-state index is 0.0571. The molecule has 6 heteroatoms. The van der Waals surface area contributed by atoms with Gasteiger partial charge in [0.15, 0.2) is 0 Å². The highest BCUT2D eigenvalue weighted by molar-refractivity contribution is 5.88. The molecule has 0 aromatic heterocycles. The molecule has 3 N–H and O–H groups in total. The first-order valence-corrected chi connectivity index (χ1v) is 4.37. The Balaban J connectivity index is 2.93. The number of aromatic carboxylic acids is 1. The Hall–Kier alpha value is -2.24. The molecule has 0 aliphatic heterocycles. The van der Waals surface area contributed by atoms with Crippen LogP contribution in [0.2, 0.25) is 0 Å². The SMILES string of the molecule is COc1cc(C(=O)O)ccc1COC(N)=O. The number of benzene rings is 1. The standard InChI is InChI=1S/C10H11NO5/c1-15-8-4-6(9(12)13)2-3-7(8)5-16-10(11)14/h2-4H,5H2,1H3,(H2,11,14)(H,12,13). The van der Waals surface area contributed by atoms with Crippen LogP contribution in [0.25, 0.3) is 0 Å². The van der Waals surface area contributed by atoms with Crippen molar-refractivity contribution in [2.45, 2.75) is 6.61 Å². The summed E-state index contributed by atoms with van der Waals surface area (Å²) in [6, 6.07) is 4.25. The predicted molar refractivity (Wildman–Crippen MR) is 54.3 cm³/mol. The van der Waals surface area contributed by atoms with E-state index in [1.807, 2.05) is 0 Å². The Bertz CT molecular complexity index is 416. The van der Waals surface area contributed by atoms with Crippen LogP contribution in [0, 0.1) is 0 Å². The van der Waals surface area contributed by atoms with Gasteiger partial charge in [-0.05, 0) is 12.1 Å². The molecule has 0 unspecified atom stereocenters. The molecule has 1 rings (SSSR count). The molecular weight excluding hydrogens is 214 g/mol. The molecule has 0 saturated carbocycles. The molecule has 86 valence electrons. The van der Waals surface area contributed by atoms with Crippen LogP contribution >= 0.6 is 0 Å². The van der Waals surface area contributed by atoms with E-state index in [-0.39, 0.29) is 12.2 Å². The van der Waals surface area contributed by atoms with Crippen LogP contribution in [0.3, 0.4) is 0 Å². The van der Waals surface area contributed by atoms with Crippen molar-refractivity contribution < 1.29 is 24.2 Å². The lowest BCUT2D eigenvalue weighted by Gasteiger charge is -2.08. The zero-order valence-electron chi connectivity index (χ0n) is 8.60. The first-order chi connectivity index (χ1) is 7.54. The second kappa shape index (κ2) is 5.01. The van der Waals surface area contributed by atoms with Crippen LogP contribution in [-0.2, 0) is 11.3 Å². The minimum atomic E-state index is -1.05. The second-order valence-electron chi connectivity index (χ2n) is 2.94. The van der Waals surface area contributed by atoms with Gasteiger partial charge >= 0.3 is 12.1 Å². The summed E-state index contributed by atoms with van der Waals surface area (Å²) in [7, 11) is 1.40. The monoisotopic (exact) mass is 225 g/mol. The Morgan fingerprint density at radius 1 is 1.44 bits per heavy atom. The van der Waals surface area contributed by atoms with Gasteiger partial charge in [-0.2, -0.15) is 0 Å². The highest BCUT2D eigenvalue weighted by Crippen LogP contribution is 2.21. The summed E-state index contributed by atoms with van der Waals surface area (Å²) in [6.07, 6.45) is -0.899. The van der Waals surface area contributed by atoms with Gasteiger partial charge in [0.25, 0.3) is 0 Å². The maximum absolute atomic E-state index is 10.7. The van der Waals surface area contributed by atoms with E-state index in [4.69, 9.17) is 15.6 Å². The molecule has 0 fully saturated rings. The van der Waals surface area contributed by atoms with Crippen molar-refractivity contribution >= 4 is 12.1 Å². The molecule has 6 nitrogen and oxygen atoms in total. The van der Waals surface area contributed by atoms with E-state index in [0.717, 1.165) is 0 Å². The number of hydrogen-bond acceptors (Lipinski definition) is 4. The van der Waals surface area contributed by atoms with E-state index < -0.39 is 12.1 Å². The highest BCUT2D eigenvalue weighted by Gasteiger charge is 2.09. The van der Waals surface area contributed by atoms with E-state index in [9.17, 15) is 9.59 Å². The number of amides is 1. The van der Waals surface area contributed by atoms with Crippen LogP contribution in [0.5, 0.6) is 5.75 Å². The molecule has 0 saturated heterocycles. The topological polar surface area (TPSA) is 98.8 Å². The zero-order valence-corrected chi connectivity index (χ0v) is 8.60. The largest absolute Gasteiger partial charge is 0.496 e. The van der Waals surface area contributed by atoms with Gasteiger partial charge in [0.2, 0.25) is 0 Å². The molecule has 0 aliphatic carbocycles. The summed E-state index contributed by atoms with van der Waals surface area (Å²) in [5, 5.41) is 8.75. The lowest BCUT2D eigenvalue weighted by Crippen LogP contribution is -2.13. The maximum Gasteiger partial charge on any atom is 0.404 e. The van der Waals surface area contributed by atoms with Gasteiger partial charge in [0.1, 0.15) is 12.4 Å². The maximum atomic E-state index is 10.7. The number of ether oxygens (including phenoxy) is 2. The van der Waals surface area contributed by atoms with Gasteiger partial charge in [0.05, 0.1) is 12.7 Å². The van der Waals surface area contributed by atoms with Crippen molar-refractivity contribution in [3.05, 3.63) is 29.3 Å². The van der Waals surface area contributed by atoms with Crippen LogP contribution in [0.4, 0.5) is 4.79 Å². The molecular formula is C10H11NO5. The number of primary amides is 1. The zero-order chi connectivity index (χ0) is 12.1. The second-order valence-corrected chi connectivity index (χ2v) is 2.94. The molecule has 0 aliphatic rings. The van der Waals surface area contributed by atoms with E-state index in [2.05, 4.69) is 4.74 Å². The minimum Gasteiger partial charge on any atom is -0.496 e. The number of hydrogen-bond donors (Lipinski definition) is 2. The summed E-state index contributed by atoms with van der Waals surface area (Å²) in [5.41, 5.74) is 5.46. The number of rotatable bonds is 4. The van der Waals surface area contributed by atoms with Crippen molar-refractivity contribution in [2.75, 3.05) is 7.11 Å². The fourth-order valence-corrected chi connectivity index (χ4v) is 1.15. The van der Waals surface area contributed by atoms with Crippen LogP contribution in [-0.4, -0.2) is 24.3 Å². The summed E-state index contributed by atoms with van der Waals surface area (Å²) in [5.74, 6) is -0.721. The molecule has 1 aromatic rings. The fourth-order valence-electron chi connectivity index (χ4n) is 1.15. The van der Waals surface area contributed by atoms with Gasteiger partial charge in [-0.15, -0.1) is 0 Å². The summed E-state index contributed by atoms with van der Waals surface area (Å²) >= 11 is 0. The van der Waals surface area contributed by atoms with Crippen molar-refractivity contribution in [2.24, 2.45) is 5.73 Å². The third kappa shape index (κ3) is 2.88. The molecule has 0 spiro atoms. The van der Waals surface area contributed by atoms with Gasteiger partial charge < -0.3 is 20.3 Å². The van der Waals surface area contributed by atoms with E-state index in [1.165, 1.54) is 25.3 Å². The van der Waals surface area contributed by atoms with Crippen LogP contribution in [0.1, 0.15) is 15.9 Å². The van der Waals surface area contributed by atoms with E-state index in [1.54, 1.807) is 0 Å². The summed E-state index contributed by atoms with van der Waals surface area (Å²) in [6.45, 7) is -0.0571. The third-order valence-electron chi connectivity index (χ3n) is 1.90. The van der Waals surface area contributed by atoms with Gasteiger partial charge in [-0.3, -0.25) is 0 Å². The summed E-state index contributed by atoms with van der Waals surface area (Å²) in [4.78, 5) is 21.1. The van der Waals surface area contributed by atoms with E-state index >= 15 is 0 Å². The number of carboxylic acids is 1. The Morgan fingerprint density at radius 3 is 2.62 bits per heavy atom. The molecule has 0 radical (unpaired) electrons. The van der Waals surface area contributed by atoms with E-state index in [0.29, 0.717) is 11.3 Å². The molecule has 1 aromatic carbocycles. The quantitative estimate of drug-likeness (QED) is 0.795. The van der Waals surface area contributed by atoms with Crippen LogP contribution in [0.15, 0.2) is 18.2 Å². The lowest BCUT2D eigenvalue weighted by molar-refractivity contribution is 0.0696. The number of carbonyl (C=O) groups excluding carboxylic acids is 1. The molecule has 0 heterocycles. The first kappa shape index (κ1) is 11.8. The van der Waals surface area contributed by atoms with Gasteiger partial charge in [0, 0.05) is 5.56 Å². The average molecular weight is 225 g/mol. The number of methoxy groups -OCH3 is 1. The Labute approximate surface area is 91.6 Å². The molecule has 16 heavy (non-hydrogen) atoms. The van der Waals surface area contributed by atoms with Crippen LogP contribution < -0.4 is 10.5 Å². The summed E-state index contributed by atoms with van der Waals surface area (Å²) < 4.78 is 9.56. The number of carbonyl (C=O) groups is 2. The molecule has 0 bridgehead atoms. The molecule has 0 atom stereocenters. The predicted octanol–water partition coefficient (Wildman–Crippen LogP) is 0.989. The lowest BCUT2D eigenvalue weighted by atomic mass is 10.1. The van der Waals surface area contributed by atoms with Gasteiger partial charge in [-0.25, -0.2) is 9.59 Å².